The fraction of sp³-hybridized carbons (Fsp3) is 0.393. The molecule has 0 radical (unpaired) electrons. The second-order valence-corrected chi connectivity index (χ2v) is 12.4. The molecule has 15 heteroatoms. The van der Waals surface area contributed by atoms with Gasteiger partial charge in [-0.1, -0.05) is 36.4 Å². The standard InChI is InChI=1S/C28H35N8O6P/c1-16(2)40-27(37)17(3)34-43(38,42-22-12-8-10-18-9-6-7-11-20(18)22)39-14-19-13-21(29)26(41-19)36-15-31-23-24(35(4)5)32-28(30)33-25(23)36/h6-12,15-17,19,26,29H,13-14H2,1-5H3,(H,34,38)(H2,30,32,33)/t17-,19-,26+,43+/m0/s1. The van der Waals surface area contributed by atoms with Crippen LogP contribution in [0.2, 0.25) is 0 Å². The van der Waals surface area contributed by atoms with Crippen LogP contribution < -0.4 is 20.2 Å². The second kappa shape index (κ2) is 12.3. The van der Waals surface area contributed by atoms with Crippen LogP contribution in [-0.2, 0) is 23.4 Å². The number of rotatable bonds is 11. The first-order valence-corrected chi connectivity index (χ1v) is 15.3. The van der Waals surface area contributed by atoms with Crippen LogP contribution in [-0.4, -0.2) is 70.2 Å². The third-order valence-corrected chi connectivity index (χ3v) is 8.25. The van der Waals surface area contributed by atoms with E-state index in [1.54, 1.807) is 35.4 Å². The largest absolute Gasteiger partial charge is 0.462 e. The summed E-state index contributed by atoms with van der Waals surface area (Å²) in [6, 6.07) is 11.8. The zero-order valence-electron chi connectivity index (χ0n) is 24.6. The fourth-order valence-electron chi connectivity index (χ4n) is 4.69. The molecule has 3 heterocycles. The zero-order valence-corrected chi connectivity index (χ0v) is 25.4. The van der Waals surface area contributed by atoms with Gasteiger partial charge in [-0.15, -0.1) is 0 Å². The monoisotopic (exact) mass is 610 g/mol. The van der Waals surface area contributed by atoms with E-state index in [1.807, 2.05) is 44.4 Å². The van der Waals surface area contributed by atoms with E-state index in [4.69, 9.17) is 29.7 Å². The molecule has 1 aliphatic heterocycles. The average molecular weight is 611 g/mol. The summed E-state index contributed by atoms with van der Waals surface area (Å²) in [7, 11) is -0.543. The number of nitrogens with one attached hydrogen (secondary N) is 2. The number of aromatic nitrogens is 4. The predicted octanol–water partition coefficient (Wildman–Crippen LogP) is 4.07. The number of carbonyl (C=O) groups is 1. The van der Waals surface area contributed by atoms with Gasteiger partial charge < -0.3 is 30.0 Å². The zero-order chi connectivity index (χ0) is 30.9. The van der Waals surface area contributed by atoms with Gasteiger partial charge in [0.1, 0.15) is 11.8 Å². The van der Waals surface area contributed by atoms with E-state index in [0.29, 0.717) is 22.7 Å². The SMILES string of the molecule is CC(C)OC(=O)[C@H](C)N[P@@](=O)(OC[C@@H]1CC(=N)[C@H](n2cnc3c(N(C)C)nc(N)nc32)O1)Oc1cccc2ccccc12. The lowest BCUT2D eigenvalue weighted by Gasteiger charge is -2.25. The van der Waals surface area contributed by atoms with Crippen molar-refractivity contribution in [1.82, 2.24) is 24.6 Å². The van der Waals surface area contributed by atoms with Gasteiger partial charge >= 0.3 is 13.7 Å². The average Bonchev–Trinajstić information content (AvgIpc) is 3.53. The number of esters is 1. The van der Waals surface area contributed by atoms with Gasteiger partial charge in [-0.25, -0.2) is 9.55 Å². The van der Waals surface area contributed by atoms with Gasteiger partial charge in [0.05, 0.1) is 30.9 Å². The van der Waals surface area contributed by atoms with E-state index >= 15 is 0 Å². The Hall–Kier alpha value is -4.10. The summed E-state index contributed by atoms with van der Waals surface area (Å²) < 4.78 is 39.1. The second-order valence-electron chi connectivity index (χ2n) is 10.7. The maximum Gasteiger partial charge on any atom is 0.459 e. The van der Waals surface area contributed by atoms with Gasteiger partial charge in [-0.2, -0.15) is 15.1 Å². The van der Waals surface area contributed by atoms with Crippen LogP contribution in [0.1, 0.15) is 33.4 Å². The number of hydrogen-bond donors (Lipinski definition) is 3. The maximum absolute atomic E-state index is 14.2. The lowest BCUT2D eigenvalue weighted by molar-refractivity contribution is -0.149. The van der Waals surface area contributed by atoms with E-state index < -0.39 is 32.1 Å². The van der Waals surface area contributed by atoms with Crippen LogP contribution in [0.15, 0.2) is 48.8 Å². The van der Waals surface area contributed by atoms with Gasteiger partial charge in [0.25, 0.3) is 0 Å². The molecule has 0 amide bonds. The highest BCUT2D eigenvalue weighted by Crippen LogP contribution is 2.47. The molecule has 1 aliphatic rings. The lowest BCUT2D eigenvalue weighted by Crippen LogP contribution is -2.36. The predicted molar refractivity (Wildman–Crippen MR) is 162 cm³/mol. The number of fused-ring (bicyclic) bond motifs is 2. The molecule has 228 valence electrons. The molecular formula is C28H35N8O6P. The normalized spacial score (nSPS) is 19.1. The molecule has 1 saturated heterocycles. The number of anilines is 2. The van der Waals surface area contributed by atoms with Gasteiger partial charge in [0.15, 0.2) is 23.2 Å². The van der Waals surface area contributed by atoms with E-state index in [2.05, 4.69) is 20.0 Å². The van der Waals surface area contributed by atoms with E-state index in [9.17, 15) is 9.36 Å². The Balaban J connectivity index is 1.37. The van der Waals surface area contributed by atoms with Crippen molar-refractivity contribution in [1.29, 1.82) is 5.41 Å². The maximum atomic E-state index is 14.2. The molecule has 0 unspecified atom stereocenters. The first kappa shape index (κ1) is 30.4. The Bertz CT molecular complexity index is 1700. The molecule has 4 atom stereocenters. The van der Waals surface area contributed by atoms with Crippen molar-refractivity contribution in [2.75, 3.05) is 31.3 Å². The number of hydrogen-bond acceptors (Lipinski definition) is 12. The summed E-state index contributed by atoms with van der Waals surface area (Å²) in [5.74, 6) is 0.304. The van der Waals surface area contributed by atoms with Crippen LogP contribution in [0, 0.1) is 5.41 Å². The van der Waals surface area contributed by atoms with Crippen LogP contribution in [0.3, 0.4) is 0 Å². The number of benzene rings is 2. The topological polar surface area (TPSA) is 180 Å². The Kier molecular flexibility index (Phi) is 8.65. The molecule has 1 fully saturated rings. The summed E-state index contributed by atoms with van der Waals surface area (Å²) in [5, 5.41) is 12.9. The molecule has 43 heavy (non-hydrogen) atoms. The molecule has 4 aromatic rings. The molecule has 4 N–H and O–H groups in total. The highest BCUT2D eigenvalue weighted by molar-refractivity contribution is 7.52. The number of ether oxygens (including phenoxy) is 2. The summed E-state index contributed by atoms with van der Waals surface area (Å²) in [6.45, 7) is 4.76. The van der Waals surface area contributed by atoms with E-state index in [-0.39, 0.29) is 30.8 Å². The molecule has 2 aromatic heterocycles. The number of nitrogens with two attached hydrogens (primary N) is 1. The Morgan fingerprint density at radius 1 is 1.21 bits per heavy atom. The minimum absolute atomic E-state index is 0.0603. The summed E-state index contributed by atoms with van der Waals surface area (Å²) >= 11 is 0. The van der Waals surface area contributed by atoms with Crippen molar-refractivity contribution in [2.45, 2.75) is 51.7 Å². The van der Waals surface area contributed by atoms with E-state index in [0.717, 1.165) is 10.8 Å². The van der Waals surface area contributed by atoms with Crippen molar-refractivity contribution in [2.24, 2.45) is 0 Å². The number of nitrogens with zero attached hydrogens (tertiary/aromatic N) is 5. The van der Waals surface area contributed by atoms with E-state index in [1.165, 1.54) is 13.3 Å². The van der Waals surface area contributed by atoms with Crippen molar-refractivity contribution < 1.29 is 27.9 Å². The smallest absolute Gasteiger partial charge is 0.459 e. The van der Waals surface area contributed by atoms with Crippen molar-refractivity contribution >= 4 is 53.1 Å². The summed E-state index contributed by atoms with van der Waals surface area (Å²) in [4.78, 5) is 27.3. The third kappa shape index (κ3) is 6.62. The minimum Gasteiger partial charge on any atom is -0.462 e. The van der Waals surface area contributed by atoms with Gasteiger partial charge in [0.2, 0.25) is 5.95 Å². The molecular weight excluding hydrogens is 575 g/mol. The Morgan fingerprint density at radius 3 is 2.70 bits per heavy atom. The van der Waals surface area contributed by atoms with Crippen molar-refractivity contribution in [3.63, 3.8) is 0 Å². The molecule has 0 bridgehead atoms. The molecule has 5 rings (SSSR count). The quantitative estimate of drug-likeness (QED) is 0.164. The summed E-state index contributed by atoms with van der Waals surface area (Å²) in [6.07, 6.45) is -0.155. The highest BCUT2D eigenvalue weighted by atomic mass is 31.2. The van der Waals surface area contributed by atoms with Gasteiger partial charge in [0, 0.05) is 25.9 Å². The molecule has 0 aliphatic carbocycles. The fourth-order valence-corrected chi connectivity index (χ4v) is 6.23. The Morgan fingerprint density at radius 2 is 1.95 bits per heavy atom. The lowest BCUT2D eigenvalue weighted by atomic mass is 10.1. The van der Waals surface area contributed by atoms with Crippen molar-refractivity contribution in [3.05, 3.63) is 48.8 Å². The molecule has 0 saturated carbocycles. The first-order chi connectivity index (χ1) is 20.4. The van der Waals surface area contributed by atoms with Crippen LogP contribution in [0.25, 0.3) is 21.9 Å². The first-order valence-electron chi connectivity index (χ1n) is 13.7. The van der Waals surface area contributed by atoms with Crippen LogP contribution >= 0.6 is 7.75 Å². The summed E-state index contributed by atoms with van der Waals surface area (Å²) in [5.41, 5.74) is 7.10. The van der Waals surface area contributed by atoms with Gasteiger partial charge in [-0.3, -0.25) is 13.9 Å². The number of nitrogen functional groups attached to an aromatic ring is 1. The third-order valence-electron chi connectivity index (χ3n) is 6.62. The number of imidazole rings is 1. The van der Waals surface area contributed by atoms with Gasteiger partial charge in [-0.05, 0) is 32.2 Å². The highest BCUT2D eigenvalue weighted by Gasteiger charge is 2.38. The van der Waals surface area contributed by atoms with Crippen LogP contribution in [0.4, 0.5) is 11.8 Å². The molecule has 14 nitrogen and oxygen atoms in total. The van der Waals surface area contributed by atoms with Crippen molar-refractivity contribution in [3.8, 4) is 5.75 Å². The minimum atomic E-state index is -4.18. The Labute approximate surface area is 248 Å². The number of carbonyl (C=O) groups excluding carboxylic acids is 1. The molecule has 0 spiro atoms. The molecule has 2 aromatic carbocycles. The van der Waals surface area contributed by atoms with Crippen LogP contribution in [0.5, 0.6) is 5.75 Å².